The summed E-state index contributed by atoms with van der Waals surface area (Å²) in [5.41, 5.74) is 2.57. The molecule has 3 rings (SSSR count). The summed E-state index contributed by atoms with van der Waals surface area (Å²) in [5.74, 6) is 0.664. The molecule has 0 saturated carbocycles. The Morgan fingerprint density at radius 3 is 2.13 bits per heavy atom. The fourth-order valence-corrected chi connectivity index (χ4v) is 3.84. The topological polar surface area (TPSA) is 44.8 Å². The lowest BCUT2D eigenvalue weighted by Crippen LogP contribution is -2.27. The third-order valence-corrected chi connectivity index (χ3v) is 5.83. The van der Waals surface area contributed by atoms with Gasteiger partial charge in [0.05, 0.1) is 18.8 Å². The van der Waals surface area contributed by atoms with Crippen LogP contribution in [0.5, 0.6) is 5.75 Å². The molecule has 2 aromatic rings. The molecule has 1 aliphatic heterocycles. The van der Waals surface area contributed by atoms with Crippen molar-refractivity contribution in [2.24, 2.45) is 5.92 Å². The molecule has 0 amide bonds. The van der Waals surface area contributed by atoms with Crippen LogP contribution < -0.4 is 4.74 Å². The van der Waals surface area contributed by atoms with Crippen LogP contribution in [0.2, 0.25) is 0 Å². The van der Waals surface area contributed by atoms with E-state index in [2.05, 4.69) is 6.92 Å². The van der Waals surface area contributed by atoms with Crippen LogP contribution in [-0.4, -0.2) is 19.2 Å². The Hall–Kier alpha value is -2.17. The van der Waals surface area contributed by atoms with Gasteiger partial charge in [-0.2, -0.15) is 0 Å². The molecule has 0 N–H and O–H groups in total. The summed E-state index contributed by atoms with van der Waals surface area (Å²) in [6.45, 7) is 5.72. The number of rotatable bonds is 11. The number of carbonyl (C=O) groups excluding carboxylic acids is 1. The van der Waals surface area contributed by atoms with Gasteiger partial charge in [0.1, 0.15) is 5.75 Å². The van der Waals surface area contributed by atoms with Crippen LogP contribution in [0.15, 0.2) is 48.5 Å². The predicted octanol–water partition coefficient (Wildman–Crippen LogP) is 7.02. The van der Waals surface area contributed by atoms with Crippen LogP contribution in [0.4, 0.5) is 0 Å². The number of ether oxygens (including phenoxy) is 3. The Morgan fingerprint density at radius 2 is 1.48 bits per heavy atom. The maximum absolute atomic E-state index is 12.3. The first-order valence-corrected chi connectivity index (χ1v) is 11.8. The smallest absolute Gasteiger partial charge is 0.343 e. The first-order chi connectivity index (χ1) is 15.2. The van der Waals surface area contributed by atoms with Crippen molar-refractivity contribution in [3.63, 3.8) is 0 Å². The monoisotopic (exact) mass is 424 g/mol. The Bertz CT molecular complexity index is 774. The van der Waals surface area contributed by atoms with Crippen LogP contribution in [0.3, 0.4) is 0 Å². The van der Waals surface area contributed by atoms with Crippen molar-refractivity contribution in [2.75, 3.05) is 13.2 Å². The van der Waals surface area contributed by atoms with Crippen molar-refractivity contribution >= 4 is 5.97 Å². The molecule has 1 fully saturated rings. The largest absolute Gasteiger partial charge is 0.423 e. The molecule has 2 aromatic carbocycles. The summed E-state index contributed by atoms with van der Waals surface area (Å²) in [6, 6.07) is 14.7. The number of carbonyl (C=O) groups is 1. The number of hydrogen-bond acceptors (Lipinski definition) is 4. The van der Waals surface area contributed by atoms with E-state index in [4.69, 9.17) is 14.2 Å². The number of unbranched alkanes of at least 4 members (excludes halogenated alkanes) is 6. The zero-order chi connectivity index (χ0) is 21.9. The standard InChI is InChI=1S/C27H36O4/c1-3-4-5-6-7-8-9-10-22-19-29-27(30-20-22)24-15-13-23(14-16-24)26(28)31-25-17-11-21(2)12-18-25/h11-18,22,27H,3-10,19-20H2,1-2H3. The Labute approximate surface area is 186 Å². The fraction of sp³-hybridized carbons (Fsp3) is 0.519. The van der Waals surface area contributed by atoms with Crippen molar-refractivity contribution in [3.8, 4) is 5.75 Å². The number of benzene rings is 2. The van der Waals surface area contributed by atoms with E-state index in [1.807, 2.05) is 31.2 Å². The Morgan fingerprint density at radius 1 is 0.871 bits per heavy atom. The molecular formula is C27H36O4. The molecule has 1 aliphatic rings. The highest BCUT2D eigenvalue weighted by Gasteiger charge is 2.23. The van der Waals surface area contributed by atoms with E-state index >= 15 is 0 Å². The van der Waals surface area contributed by atoms with Gasteiger partial charge in [-0.25, -0.2) is 4.79 Å². The Balaban J connectivity index is 1.38. The predicted molar refractivity (Wildman–Crippen MR) is 123 cm³/mol. The third-order valence-electron chi connectivity index (χ3n) is 5.83. The highest BCUT2D eigenvalue weighted by atomic mass is 16.7. The quantitative estimate of drug-likeness (QED) is 0.221. The van der Waals surface area contributed by atoms with Gasteiger partial charge in [0.25, 0.3) is 0 Å². The SMILES string of the molecule is CCCCCCCCCC1COC(c2ccc(C(=O)Oc3ccc(C)cc3)cc2)OC1. The zero-order valence-electron chi connectivity index (χ0n) is 19.0. The van der Waals surface area contributed by atoms with Crippen LogP contribution in [0, 0.1) is 12.8 Å². The molecule has 0 spiro atoms. The molecule has 1 saturated heterocycles. The summed E-state index contributed by atoms with van der Waals surface area (Å²) >= 11 is 0. The minimum absolute atomic E-state index is 0.354. The van der Waals surface area contributed by atoms with E-state index in [0.717, 1.165) is 24.3 Å². The lowest BCUT2D eigenvalue weighted by atomic mass is 10.0. The average Bonchev–Trinajstić information content (AvgIpc) is 2.80. The lowest BCUT2D eigenvalue weighted by Gasteiger charge is -2.29. The van der Waals surface area contributed by atoms with Crippen LogP contribution in [0.1, 0.15) is 86.1 Å². The summed E-state index contributed by atoms with van der Waals surface area (Å²) in [5, 5.41) is 0. The highest BCUT2D eigenvalue weighted by molar-refractivity contribution is 5.91. The normalized spacial score (nSPS) is 18.6. The summed E-state index contributed by atoms with van der Waals surface area (Å²) in [6.07, 6.45) is 10.1. The van der Waals surface area contributed by atoms with E-state index < -0.39 is 0 Å². The fourth-order valence-electron chi connectivity index (χ4n) is 3.84. The zero-order valence-corrected chi connectivity index (χ0v) is 19.0. The van der Waals surface area contributed by atoms with Gasteiger partial charge in [-0.3, -0.25) is 0 Å². The van der Waals surface area contributed by atoms with Gasteiger partial charge in [0, 0.05) is 11.5 Å². The first kappa shape index (κ1) is 23.5. The number of esters is 1. The molecule has 0 unspecified atom stereocenters. The van der Waals surface area contributed by atoms with Crippen molar-refractivity contribution in [1.82, 2.24) is 0 Å². The lowest BCUT2D eigenvalue weighted by molar-refractivity contribution is -0.206. The molecule has 0 radical (unpaired) electrons. The molecule has 0 atom stereocenters. The van der Waals surface area contributed by atoms with Crippen molar-refractivity contribution in [2.45, 2.75) is 71.5 Å². The molecular weight excluding hydrogens is 388 g/mol. The maximum atomic E-state index is 12.3. The summed E-state index contributed by atoms with van der Waals surface area (Å²) in [7, 11) is 0. The van der Waals surface area contributed by atoms with E-state index in [9.17, 15) is 4.79 Å². The van der Waals surface area contributed by atoms with Crippen molar-refractivity contribution in [1.29, 1.82) is 0 Å². The second-order valence-corrected chi connectivity index (χ2v) is 8.60. The molecule has 0 aliphatic carbocycles. The minimum atomic E-state index is -0.365. The van der Waals surface area contributed by atoms with Crippen LogP contribution >= 0.6 is 0 Å². The van der Waals surface area contributed by atoms with Crippen LogP contribution in [0.25, 0.3) is 0 Å². The summed E-state index contributed by atoms with van der Waals surface area (Å²) < 4.78 is 17.3. The first-order valence-electron chi connectivity index (χ1n) is 11.8. The molecule has 0 bridgehead atoms. The second-order valence-electron chi connectivity index (χ2n) is 8.60. The number of aryl methyl sites for hydroxylation is 1. The van der Waals surface area contributed by atoms with Gasteiger partial charge >= 0.3 is 5.97 Å². The molecule has 31 heavy (non-hydrogen) atoms. The second kappa shape index (κ2) is 12.6. The molecule has 0 aromatic heterocycles. The van der Waals surface area contributed by atoms with Gasteiger partial charge in [0.15, 0.2) is 6.29 Å². The molecule has 1 heterocycles. The maximum Gasteiger partial charge on any atom is 0.343 e. The van der Waals surface area contributed by atoms with E-state index in [-0.39, 0.29) is 12.3 Å². The van der Waals surface area contributed by atoms with Gasteiger partial charge in [-0.15, -0.1) is 0 Å². The van der Waals surface area contributed by atoms with E-state index in [1.54, 1.807) is 24.3 Å². The van der Waals surface area contributed by atoms with Gasteiger partial charge in [-0.1, -0.05) is 81.7 Å². The Kier molecular flexibility index (Phi) is 9.57. The molecule has 4 heteroatoms. The van der Waals surface area contributed by atoms with Crippen molar-refractivity contribution in [3.05, 3.63) is 65.2 Å². The molecule has 168 valence electrons. The van der Waals surface area contributed by atoms with Gasteiger partial charge in [-0.05, 0) is 37.6 Å². The van der Waals surface area contributed by atoms with Crippen molar-refractivity contribution < 1.29 is 19.0 Å². The van der Waals surface area contributed by atoms with E-state index in [0.29, 0.717) is 17.2 Å². The minimum Gasteiger partial charge on any atom is -0.423 e. The third kappa shape index (κ3) is 7.79. The summed E-state index contributed by atoms with van der Waals surface area (Å²) in [4.78, 5) is 12.3. The van der Waals surface area contributed by atoms with Gasteiger partial charge < -0.3 is 14.2 Å². The van der Waals surface area contributed by atoms with Crippen LogP contribution in [-0.2, 0) is 9.47 Å². The molecule has 4 nitrogen and oxygen atoms in total. The van der Waals surface area contributed by atoms with Gasteiger partial charge in [0.2, 0.25) is 0 Å². The highest BCUT2D eigenvalue weighted by Crippen LogP contribution is 2.28. The average molecular weight is 425 g/mol. The van der Waals surface area contributed by atoms with E-state index in [1.165, 1.54) is 51.4 Å². The number of hydrogen-bond donors (Lipinski definition) is 0.